The smallest absolute Gasteiger partial charge is 0.259 e. The van der Waals surface area contributed by atoms with Crippen LogP contribution in [0.4, 0.5) is 5.00 Å². The van der Waals surface area contributed by atoms with Crippen LogP contribution in [0.3, 0.4) is 0 Å². The van der Waals surface area contributed by atoms with Crippen molar-refractivity contribution in [3.05, 3.63) is 15.9 Å². The van der Waals surface area contributed by atoms with Crippen molar-refractivity contribution in [3.63, 3.8) is 0 Å². The van der Waals surface area contributed by atoms with Gasteiger partial charge in [0.1, 0.15) is 5.00 Å². The van der Waals surface area contributed by atoms with Gasteiger partial charge in [0.15, 0.2) is 0 Å². The van der Waals surface area contributed by atoms with Crippen molar-refractivity contribution in [1.29, 1.82) is 0 Å². The fraction of sp³-hybridized carbons (Fsp3) is 0. The number of halogens is 1. The minimum absolute atomic E-state index is 0.674. The fourth-order valence-electron chi connectivity index (χ4n) is 0.455. The second-order valence-electron chi connectivity index (χ2n) is 1.45. The van der Waals surface area contributed by atoms with E-state index in [2.05, 4.69) is 20.7 Å². The van der Waals surface area contributed by atoms with Crippen LogP contribution in [0.5, 0.6) is 0 Å². The van der Waals surface area contributed by atoms with E-state index in [9.17, 15) is 4.21 Å². The van der Waals surface area contributed by atoms with Crippen molar-refractivity contribution in [2.24, 2.45) is 0 Å². The lowest BCUT2D eigenvalue weighted by molar-refractivity contribution is 0.570. The van der Waals surface area contributed by atoms with Crippen LogP contribution in [0.15, 0.2) is 15.9 Å². The van der Waals surface area contributed by atoms with Crippen LogP contribution in [0.1, 0.15) is 0 Å². The number of hydrogen-bond acceptors (Lipinski definition) is 2. The zero-order chi connectivity index (χ0) is 7.56. The summed E-state index contributed by atoms with van der Waals surface area (Å²) < 4.78 is 21.8. The van der Waals surface area contributed by atoms with Gasteiger partial charge in [-0.1, -0.05) is 0 Å². The zero-order valence-electron chi connectivity index (χ0n) is 4.70. The maximum atomic E-state index is 10.2. The van der Waals surface area contributed by atoms with Crippen molar-refractivity contribution >= 4 is 43.5 Å². The highest BCUT2D eigenvalue weighted by Gasteiger charge is 1.97. The SMILES string of the molecule is O=S(O)Nc1ccc(Br)s1. The summed E-state index contributed by atoms with van der Waals surface area (Å²) in [6.07, 6.45) is 0. The Hall–Kier alpha value is 0.0900. The van der Waals surface area contributed by atoms with Gasteiger partial charge in [-0.15, -0.1) is 11.3 Å². The summed E-state index contributed by atoms with van der Waals surface area (Å²) in [5.74, 6) is 0. The maximum absolute atomic E-state index is 10.2. The summed E-state index contributed by atoms with van der Waals surface area (Å²) in [6, 6.07) is 3.53. The summed E-state index contributed by atoms with van der Waals surface area (Å²) in [6.45, 7) is 0. The molecule has 6 heteroatoms. The Kier molecular flexibility index (Phi) is 2.84. The van der Waals surface area contributed by atoms with E-state index in [1.807, 2.05) is 0 Å². The minimum atomic E-state index is -1.96. The maximum Gasteiger partial charge on any atom is 0.259 e. The van der Waals surface area contributed by atoms with E-state index in [0.717, 1.165) is 3.79 Å². The second kappa shape index (κ2) is 3.47. The van der Waals surface area contributed by atoms with Gasteiger partial charge in [-0.05, 0) is 28.1 Å². The molecule has 0 radical (unpaired) electrons. The predicted octanol–water partition coefficient (Wildman–Crippen LogP) is 2.06. The van der Waals surface area contributed by atoms with E-state index in [1.54, 1.807) is 12.1 Å². The third-order valence-electron chi connectivity index (χ3n) is 0.761. The van der Waals surface area contributed by atoms with Gasteiger partial charge < -0.3 is 0 Å². The Bertz CT molecular complexity index is 249. The molecular formula is C4H4BrNO2S2. The molecule has 0 fully saturated rings. The van der Waals surface area contributed by atoms with E-state index in [4.69, 9.17) is 4.55 Å². The monoisotopic (exact) mass is 241 g/mol. The largest absolute Gasteiger partial charge is 0.289 e. The molecule has 0 aromatic carbocycles. The number of hydrogen-bond donors (Lipinski definition) is 2. The molecule has 0 aliphatic heterocycles. The van der Waals surface area contributed by atoms with Crippen LogP contribution in [0.25, 0.3) is 0 Å². The third-order valence-corrected chi connectivity index (χ3v) is 2.82. The molecular weight excluding hydrogens is 238 g/mol. The second-order valence-corrected chi connectivity index (χ2v) is 4.62. The lowest BCUT2D eigenvalue weighted by Crippen LogP contribution is -1.98. The average Bonchev–Trinajstić information content (AvgIpc) is 2.13. The highest BCUT2D eigenvalue weighted by Crippen LogP contribution is 2.26. The Morgan fingerprint density at radius 1 is 1.70 bits per heavy atom. The van der Waals surface area contributed by atoms with Gasteiger partial charge in [0, 0.05) is 0 Å². The molecule has 0 amide bonds. The van der Waals surface area contributed by atoms with Crippen LogP contribution < -0.4 is 4.72 Å². The van der Waals surface area contributed by atoms with Crippen molar-refractivity contribution < 1.29 is 8.76 Å². The zero-order valence-corrected chi connectivity index (χ0v) is 7.92. The number of anilines is 1. The van der Waals surface area contributed by atoms with Crippen LogP contribution in [-0.4, -0.2) is 8.76 Å². The summed E-state index contributed by atoms with van der Waals surface area (Å²) in [7, 11) is 0. The van der Waals surface area contributed by atoms with Crippen molar-refractivity contribution in [1.82, 2.24) is 0 Å². The van der Waals surface area contributed by atoms with Gasteiger partial charge in [-0.25, -0.2) is 4.21 Å². The number of nitrogens with one attached hydrogen (secondary N) is 1. The predicted molar refractivity (Wildman–Crippen MR) is 46.4 cm³/mol. The topological polar surface area (TPSA) is 49.3 Å². The molecule has 0 saturated carbocycles. The molecule has 0 bridgehead atoms. The molecule has 1 heterocycles. The van der Waals surface area contributed by atoms with Crippen LogP contribution in [-0.2, 0) is 11.3 Å². The lowest BCUT2D eigenvalue weighted by atomic mass is 10.6. The first-order valence-corrected chi connectivity index (χ1v) is 5.03. The molecule has 10 heavy (non-hydrogen) atoms. The molecule has 1 aromatic rings. The normalized spacial score (nSPS) is 13.0. The standard InChI is InChI=1S/C4H4BrNO2S2/c5-3-1-2-4(9-3)6-10(7)8/h1-2,6H,(H,7,8). The highest BCUT2D eigenvalue weighted by atomic mass is 79.9. The molecule has 1 unspecified atom stereocenters. The molecule has 0 saturated heterocycles. The first-order chi connectivity index (χ1) is 4.68. The number of thiophene rings is 1. The molecule has 0 aliphatic carbocycles. The summed E-state index contributed by atoms with van der Waals surface area (Å²) >= 11 is 2.62. The Morgan fingerprint density at radius 3 is 2.80 bits per heavy atom. The number of rotatable bonds is 2. The van der Waals surface area contributed by atoms with Crippen LogP contribution >= 0.6 is 27.3 Å². The Balaban J connectivity index is 2.67. The third kappa shape index (κ3) is 2.37. The molecule has 56 valence electrons. The van der Waals surface area contributed by atoms with Crippen molar-refractivity contribution in [2.75, 3.05) is 4.72 Å². The minimum Gasteiger partial charge on any atom is -0.289 e. The van der Waals surface area contributed by atoms with Gasteiger partial charge >= 0.3 is 0 Å². The van der Waals surface area contributed by atoms with E-state index in [0.29, 0.717) is 5.00 Å². The van der Waals surface area contributed by atoms with Gasteiger partial charge in [0.2, 0.25) is 0 Å². The first-order valence-electron chi connectivity index (χ1n) is 2.31. The molecule has 3 nitrogen and oxygen atoms in total. The summed E-state index contributed by atoms with van der Waals surface area (Å²) in [5, 5.41) is 0.674. The van der Waals surface area contributed by atoms with Gasteiger partial charge in [-0.2, -0.15) is 0 Å². The van der Waals surface area contributed by atoms with Crippen LogP contribution in [0.2, 0.25) is 0 Å². The fourth-order valence-corrected chi connectivity index (χ4v) is 2.21. The molecule has 1 aromatic heterocycles. The molecule has 1 rings (SSSR count). The molecule has 2 N–H and O–H groups in total. The van der Waals surface area contributed by atoms with Crippen molar-refractivity contribution in [2.45, 2.75) is 0 Å². The molecule has 0 aliphatic rings. The highest BCUT2D eigenvalue weighted by molar-refractivity contribution is 9.11. The van der Waals surface area contributed by atoms with E-state index in [1.165, 1.54) is 11.3 Å². The van der Waals surface area contributed by atoms with Gasteiger partial charge in [0.05, 0.1) is 3.79 Å². The van der Waals surface area contributed by atoms with Crippen LogP contribution in [0, 0.1) is 0 Å². The Morgan fingerprint density at radius 2 is 2.40 bits per heavy atom. The van der Waals surface area contributed by atoms with E-state index in [-0.39, 0.29) is 0 Å². The van der Waals surface area contributed by atoms with E-state index < -0.39 is 11.3 Å². The van der Waals surface area contributed by atoms with E-state index >= 15 is 0 Å². The average molecular weight is 242 g/mol. The summed E-state index contributed by atoms with van der Waals surface area (Å²) in [5.41, 5.74) is 0. The summed E-state index contributed by atoms with van der Waals surface area (Å²) in [4.78, 5) is 0. The Labute approximate surface area is 73.0 Å². The van der Waals surface area contributed by atoms with Gasteiger partial charge in [-0.3, -0.25) is 9.27 Å². The quantitative estimate of drug-likeness (QED) is 0.780. The molecule has 1 atom stereocenters. The lowest BCUT2D eigenvalue weighted by Gasteiger charge is -1.92. The first kappa shape index (κ1) is 8.19. The van der Waals surface area contributed by atoms with Crippen molar-refractivity contribution in [3.8, 4) is 0 Å². The molecule has 0 spiro atoms. The van der Waals surface area contributed by atoms with Gasteiger partial charge in [0.25, 0.3) is 11.3 Å².